The number of hydrogen-bond acceptors (Lipinski definition) is 3. The zero-order chi connectivity index (χ0) is 17.3. The summed E-state index contributed by atoms with van der Waals surface area (Å²) in [6.07, 6.45) is 0. The predicted octanol–water partition coefficient (Wildman–Crippen LogP) is 4.71. The number of carbonyl (C=O) groups excluding carboxylic acids is 1. The quantitative estimate of drug-likeness (QED) is 0.810. The Kier molecular flexibility index (Phi) is 4.47. The van der Waals surface area contributed by atoms with E-state index in [1.165, 1.54) is 0 Å². The summed E-state index contributed by atoms with van der Waals surface area (Å²) in [5, 5.41) is 5.60. The first-order valence-corrected chi connectivity index (χ1v) is 8.17. The summed E-state index contributed by atoms with van der Waals surface area (Å²) >= 11 is 12.0. The van der Waals surface area contributed by atoms with E-state index in [1.807, 2.05) is 13.8 Å². The fourth-order valence-electron chi connectivity index (χ4n) is 2.53. The normalized spacial score (nSPS) is 15.2. The molecule has 0 radical (unpaired) electrons. The van der Waals surface area contributed by atoms with E-state index in [-0.39, 0.29) is 6.03 Å². The molecule has 2 amide bonds. The van der Waals surface area contributed by atoms with Gasteiger partial charge in [0.05, 0.1) is 6.54 Å². The molecule has 0 aromatic heterocycles. The number of carbonyl (C=O) groups is 1. The Labute approximate surface area is 150 Å². The van der Waals surface area contributed by atoms with Crippen LogP contribution < -0.4 is 20.5 Å². The summed E-state index contributed by atoms with van der Waals surface area (Å²) in [5.74, 6) is 0.665. The SMILES string of the molecule is CC1(C)CN(NC(=O)Nc2cccc(Cl)c2)c2cc(Cl)ccc2O1. The molecule has 0 unspecified atom stereocenters. The van der Waals surface area contributed by atoms with Crippen molar-refractivity contribution in [2.45, 2.75) is 19.4 Å². The molecular weight excluding hydrogens is 349 g/mol. The van der Waals surface area contributed by atoms with E-state index < -0.39 is 5.60 Å². The van der Waals surface area contributed by atoms with Crippen molar-refractivity contribution in [2.75, 3.05) is 16.9 Å². The standard InChI is InChI=1S/C17H17Cl2N3O2/c1-17(2)10-22(14-9-12(19)6-7-15(14)24-17)21-16(23)20-13-5-3-4-11(18)8-13/h3-9H,10H2,1-2H3,(H2,20,21,23). The number of hydrazine groups is 1. The Morgan fingerprint density at radius 2 is 1.92 bits per heavy atom. The Hall–Kier alpha value is -2.11. The number of nitrogens with one attached hydrogen (secondary N) is 2. The highest BCUT2D eigenvalue weighted by Gasteiger charge is 2.32. The largest absolute Gasteiger partial charge is 0.484 e. The van der Waals surface area contributed by atoms with Crippen molar-refractivity contribution in [3.63, 3.8) is 0 Å². The second kappa shape index (κ2) is 6.42. The van der Waals surface area contributed by atoms with Gasteiger partial charge in [-0.2, -0.15) is 0 Å². The van der Waals surface area contributed by atoms with Crippen LogP contribution in [0.1, 0.15) is 13.8 Å². The number of fused-ring (bicyclic) bond motifs is 1. The first kappa shape index (κ1) is 16.7. The minimum absolute atomic E-state index is 0.374. The van der Waals surface area contributed by atoms with E-state index in [2.05, 4.69) is 10.7 Å². The lowest BCUT2D eigenvalue weighted by atomic mass is 10.1. The lowest BCUT2D eigenvalue weighted by Gasteiger charge is -2.40. The van der Waals surface area contributed by atoms with E-state index >= 15 is 0 Å². The van der Waals surface area contributed by atoms with Crippen LogP contribution in [0.3, 0.4) is 0 Å². The molecule has 5 nitrogen and oxygen atoms in total. The molecule has 2 N–H and O–H groups in total. The topological polar surface area (TPSA) is 53.6 Å². The molecule has 126 valence electrons. The second-order valence-corrected chi connectivity index (χ2v) is 7.01. The van der Waals surface area contributed by atoms with Crippen molar-refractivity contribution < 1.29 is 9.53 Å². The van der Waals surface area contributed by atoms with Gasteiger partial charge in [0, 0.05) is 15.7 Å². The molecule has 2 aromatic carbocycles. The molecule has 1 heterocycles. The van der Waals surface area contributed by atoms with E-state index in [0.29, 0.717) is 33.7 Å². The maximum atomic E-state index is 12.3. The maximum absolute atomic E-state index is 12.3. The van der Waals surface area contributed by atoms with Crippen molar-refractivity contribution in [1.82, 2.24) is 5.43 Å². The molecular formula is C17H17Cl2N3O2. The highest BCUT2D eigenvalue weighted by molar-refractivity contribution is 6.31. The Morgan fingerprint density at radius 1 is 1.17 bits per heavy atom. The summed E-state index contributed by atoms with van der Waals surface area (Å²) in [4.78, 5) is 12.3. The fraction of sp³-hybridized carbons (Fsp3) is 0.235. The monoisotopic (exact) mass is 365 g/mol. The summed E-state index contributed by atoms with van der Waals surface area (Å²) < 4.78 is 5.93. The Bertz CT molecular complexity index is 780. The first-order valence-electron chi connectivity index (χ1n) is 7.42. The summed E-state index contributed by atoms with van der Waals surface area (Å²) in [6.45, 7) is 4.38. The van der Waals surface area contributed by atoms with Crippen LogP contribution in [0.2, 0.25) is 10.0 Å². The number of benzene rings is 2. The molecule has 7 heteroatoms. The number of rotatable bonds is 2. The van der Waals surface area contributed by atoms with Crippen molar-refractivity contribution in [2.24, 2.45) is 0 Å². The number of halogens is 2. The van der Waals surface area contributed by atoms with Crippen LogP contribution in [0, 0.1) is 0 Å². The van der Waals surface area contributed by atoms with E-state index in [1.54, 1.807) is 47.5 Å². The van der Waals surface area contributed by atoms with E-state index in [4.69, 9.17) is 27.9 Å². The lowest BCUT2D eigenvalue weighted by Crippen LogP contribution is -2.55. The van der Waals surface area contributed by atoms with Gasteiger partial charge in [-0.25, -0.2) is 10.2 Å². The zero-order valence-corrected chi connectivity index (χ0v) is 14.8. The second-order valence-electron chi connectivity index (χ2n) is 6.14. The van der Waals surface area contributed by atoms with E-state index in [9.17, 15) is 4.79 Å². The van der Waals surface area contributed by atoms with Crippen molar-refractivity contribution >= 4 is 40.6 Å². The number of amides is 2. The highest BCUT2D eigenvalue weighted by atomic mass is 35.5. The average Bonchev–Trinajstić information content (AvgIpc) is 2.47. The molecule has 1 aliphatic rings. The van der Waals surface area contributed by atoms with Gasteiger partial charge in [-0.05, 0) is 50.2 Å². The van der Waals surface area contributed by atoms with Gasteiger partial charge in [0.2, 0.25) is 0 Å². The molecule has 24 heavy (non-hydrogen) atoms. The highest BCUT2D eigenvalue weighted by Crippen LogP contribution is 2.37. The maximum Gasteiger partial charge on any atom is 0.338 e. The Balaban J connectivity index is 1.79. The number of nitrogens with zero attached hydrogens (tertiary/aromatic N) is 1. The summed E-state index contributed by atoms with van der Waals surface area (Å²) in [6, 6.07) is 11.9. The van der Waals surface area contributed by atoms with Gasteiger partial charge < -0.3 is 10.1 Å². The Morgan fingerprint density at radius 3 is 2.67 bits per heavy atom. The molecule has 0 atom stereocenters. The fourth-order valence-corrected chi connectivity index (χ4v) is 2.89. The minimum Gasteiger partial charge on any atom is -0.484 e. The number of hydrogen-bond donors (Lipinski definition) is 2. The predicted molar refractivity (Wildman–Crippen MR) is 97.1 cm³/mol. The first-order chi connectivity index (χ1) is 11.3. The zero-order valence-electron chi connectivity index (χ0n) is 13.3. The number of ether oxygens (including phenoxy) is 1. The van der Waals surface area contributed by atoms with Crippen LogP contribution in [-0.2, 0) is 0 Å². The van der Waals surface area contributed by atoms with Crippen LogP contribution in [0.25, 0.3) is 0 Å². The molecule has 0 fully saturated rings. The molecule has 0 aliphatic carbocycles. The van der Waals surface area contributed by atoms with Crippen LogP contribution in [0.4, 0.5) is 16.2 Å². The van der Waals surface area contributed by atoms with Gasteiger partial charge in [-0.3, -0.25) is 5.01 Å². The molecule has 0 saturated heterocycles. The van der Waals surface area contributed by atoms with Crippen LogP contribution >= 0.6 is 23.2 Å². The smallest absolute Gasteiger partial charge is 0.338 e. The van der Waals surface area contributed by atoms with Crippen LogP contribution in [0.5, 0.6) is 5.75 Å². The van der Waals surface area contributed by atoms with Gasteiger partial charge in [0.15, 0.2) is 0 Å². The van der Waals surface area contributed by atoms with Crippen molar-refractivity contribution in [3.05, 3.63) is 52.5 Å². The van der Waals surface area contributed by atoms with Gasteiger partial charge in [-0.1, -0.05) is 29.3 Å². The third-order valence-electron chi connectivity index (χ3n) is 3.46. The molecule has 0 saturated carbocycles. The lowest BCUT2D eigenvalue weighted by molar-refractivity contribution is 0.102. The van der Waals surface area contributed by atoms with Crippen molar-refractivity contribution in [1.29, 1.82) is 0 Å². The van der Waals surface area contributed by atoms with Gasteiger partial charge in [0.25, 0.3) is 0 Å². The molecule has 2 aromatic rings. The molecule has 3 rings (SSSR count). The number of anilines is 2. The van der Waals surface area contributed by atoms with Gasteiger partial charge in [0.1, 0.15) is 17.0 Å². The van der Waals surface area contributed by atoms with Gasteiger partial charge in [-0.15, -0.1) is 0 Å². The molecule has 0 bridgehead atoms. The minimum atomic E-state index is -0.454. The summed E-state index contributed by atoms with van der Waals surface area (Å²) in [5.41, 5.74) is 3.69. The summed E-state index contributed by atoms with van der Waals surface area (Å²) in [7, 11) is 0. The van der Waals surface area contributed by atoms with Crippen LogP contribution in [-0.4, -0.2) is 18.2 Å². The number of urea groups is 1. The molecule has 0 spiro atoms. The average molecular weight is 366 g/mol. The van der Waals surface area contributed by atoms with Gasteiger partial charge >= 0.3 is 6.03 Å². The molecule has 1 aliphatic heterocycles. The van der Waals surface area contributed by atoms with Crippen LogP contribution in [0.15, 0.2) is 42.5 Å². The third kappa shape index (κ3) is 3.86. The third-order valence-corrected chi connectivity index (χ3v) is 3.93. The van der Waals surface area contributed by atoms with E-state index in [0.717, 1.165) is 0 Å². The van der Waals surface area contributed by atoms with Crippen molar-refractivity contribution in [3.8, 4) is 5.75 Å².